The van der Waals surface area contributed by atoms with Gasteiger partial charge < -0.3 is 4.74 Å². The quantitative estimate of drug-likeness (QED) is 0.323. The first-order valence-corrected chi connectivity index (χ1v) is 7.36. The number of carbonyl (C=O) groups is 2. The summed E-state index contributed by atoms with van der Waals surface area (Å²) < 4.78 is 5.71. The minimum atomic E-state index is -0.435. The number of ketones is 1. The van der Waals surface area contributed by atoms with Gasteiger partial charge in [0.15, 0.2) is 5.78 Å². The first-order valence-electron chi connectivity index (χ1n) is 5.16. The van der Waals surface area contributed by atoms with Crippen LogP contribution in [0.4, 0.5) is 0 Å². The SMILES string of the molecule is CCOC(=O)c1c(I)cccc1C(=O)CCBr. The summed E-state index contributed by atoms with van der Waals surface area (Å²) in [5, 5.41) is 0.583. The van der Waals surface area contributed by atoms with Crippen LogP contribution in [0.15, 0.2) is 18.2 Å². The second-order valence-corrected chi connectivity index (χ2v) is 5.20. The molecule has 0 heterocycles. The van der Waals surface area contributed by atoms with E-state index in [2.05, 4.69) is 15.9 Å². The van der Waals surface area contributed by atoms with Crippen LogP contribution in [-0.2, 0) is 4.74 Å². The molecule has 0 bridgehead atoms. The minimum absolute atomic E-state index is 0.0524. The van der Waals surface area contributed by atoms with E-state index in [0.717, 1.165) is 3.57 Å². The van der Waals surface area contributed by atoms with Gasteiger partial charge in [0.05, 0.1) is 12.2 Å². The predicted octanol–water partition coefficient (Wildman–Crippen LogP) is 3.44. The Bertz CT molecular complexity index is 432. The van der Waals surface area contributed by atoms with E-state index in [1.165, 1.54) is 0 Å². The maximum Gasteiger partial charge on any atom is 0.339 e. The van der Waals surface area contributed by atoms with Crippen LogP contribution in [-0.4, -0.2) is 23.7 Å². The molecule has 0 unspecified atom stereocenters. The van der Waals surface area contributed by atoms with Crippen LogP contribution in [0.1, 0.15) is 34.1 Å². The third-order valence-electron chi connectivity index (χ3n) is 2.12. The van der Waals surface area contributed by atoms with Crippen LogP contribution < -0.4 is 0 Å². The van der Waals surface area contributed by atoms with Crippen molar-refractivity contribution in [3.63, 3.8) is 0 Å². The van der Waals surface area contributed by atoms with E-state index in [-0.39, 0.29) is 5.78 Å². The van der Waals surface area contributed by atoms with E-state index >= 15 is 0 Å². The number of hydrogen-bond donors (Lipinski definition) is 0. The third-order valence-corrected chi connectivity index (χ3v) is 3.41. The maximum absolute atomic E-state index is 11.9. The summed E-state index contributed by atoms with van der Waals surface area (Å²) in [4.78, 5) is 23.7. The molecular formula is C12H12BrIO3. The number of carbonyl (C=O) groups excluding carboxylic acids is 2. The molecule has 92 valence electrons. The Hall–Kier alpha value is -0.430. The van der Waals surface area contributed by atoms with Gasteiger partial charge in [0.25, 0.3) is 0 Å². The van der Waals surface area contributed by atoms with Crippen LogP contribution in [0.25, 0.3) is 0 Å². The first kappa shape index (κ1) is 14.6. The van der Waals surface area contributed by atoms with Gasteiger partial charge in [-0.25, -0.2) is 4.79 Å². The Labute approximate surface area is 122 Å². The molecule has 0 saturated carbocycles. The van der Waals surface area contributed by atoms with Gasteiger partial charge in [-0.15, -0.1) is 0 Å². The smallest absolute Gasteiger partial charge is 0.339 e. The fraction of sp³-hybridized carbons (Fsp3) is 0.333. The number of halogens is 2. The lowest BCUT2D eigenvalue weighted by Gasteiger charge is -2.09. The summed E-state index contributed by atoms with van der Waals surface area (Å²) in [6, 6.07) is 5.23. The molecule has 0 fully saturated rings. The summed E-state index contributed by atoms with van der Waals surface area (Å²) in [7, 11) is 0. The molecule has 1 aromatic carbocycles. The normalized spacial score (nSPS) is 10.1. The summed E-state index contributed by atoms with van der Waals surface area (Å²) in [5.41, 5.74) is 0.815. The zero-order chi connectivity index (χ0) is 12.8. The molecule has 3 nitrogen and oxygen atoms in total. The lowest BCUT2D eigenvalue weighted by Crippen LogP contribution is -2.14. The average molecular weight is 411 g/mol. The number of Topliss-reactive ketones (excluding diaryl/α,β-unsaturated/α-hetero) is 1. The predicted molar refractivity (Wildman–Crippen MR) is 77.9 cm³/mol. The summed E-state index contributed by atoms with van der Waals surface area (Å²) in [5.74, 6) is -0.487. The molecule has 1 rings (SSSR count). The highest BCUT2D eigenvalue weighted by atomic mass is 127. The molecular weight excluding hydrogens is 399 g/mol. The number of rotatable bonds is 5. The molecule has 1 aromatic rings. The zero-order valence-corrected chi connectivity index (χ0v) is 13.1. The van der Waals surface area contributed by atoms with Crippen molar-refractivity contribution in [1.29, 1.82) is 0 Å². The lowest BCUT2D eigenvalue weighted by atomic mass is 10.0. The van der Waals surface area contributed by atoms with Crippen LogP contribution in [0.3, 0.4) is 0 Å². The molecule has 0 aliphatic carbocycles. The van der Waals surface area contributed by atoms with Crippen molar-refractivity contribution in [2.75, 3.05) is 11.9 Å². The molecule has 0 aromatic heterocycles. The molecule has 0 radical (unpaired) electrons. The van der Waals surface area contributed by atoms with Crippen molar-refractivity contribution in [3.8, 4) is 0 Å². The minimum Gasteiger partial charge on any atom is -0.462 e. The molecule has 0 N–H and O–H groups in total. The van der Waals surface area contributed by atoms with Crippen molar-refractivity contribution >= 4 is 50.3 Å². The fourth-order valence-electron chi connectivity index (χ4n) is 1.39. The van der Waals surface area contributed by atoms with Crippen molar-refractivity contribution in [1.82, 2.24) is 0 Å². The zero-order valence-electron chi connectivity index (χ0n) is 9.33. The number of benzene rings is 1. The summed E-state index contributed by atoms with van der Waals surface area (Å²) >= 11 is 5.26. The molecule has 0 aliphatic heterocycles. The van der Waals surface area contributed by atoms with Crippen LogP contribution in [0.2, 0.25) is 0 Å². The Kier molecular flexibility index (Phi) is 6.11. The molecule has 0 spiro atoms. The van der Waals surface area contributed by atoms with Gasteiger partial charge in [0, 0.05) is 20.9 Å². The van der Waals surface area contributed by atoms with E-state index < -0.39 is 5.97 Å². The highest BCUT2D eigenvalue weighted by Gasteiger charge is 2.20. The van der Waals surface area contributed by atoms with Crippen molar-refractivity contribution in [3.05, 3.63) is 32.9 Å². The van der Waals surface area contributed by atoms with Gasteiger partial charge in [0.2, 0.25) is 0 Å². The van der Waals surface area contributed by atoms with E-state index in [1.807, 2.05) is 22.6 Å². The number of alkyl halides is 1. The molecule has 0 aliphatic rings. The molecule has 0 amide bonds. The first-order chi connectivity index (χ1) is 8.11. The molecule has 5 heteroatoms. The second kappa shape index (κ2) is 7.10. The van der Waals surface area contributed by atoms with Gasteiger partial charge >= 0.3 is 5.97 Å². The van der Waals surface area contributed by atoms with Gasteiger partial charge in [-0.2, -0.15) is 0 Å². The molecule has 17 heavy (non-hydrogen) atoms. The molecule has 0 saturated heterocycles. The summed E-state index contributed by atoms with van der Waals surface area (Å²) in [6.07, 6.45) is 0.368. The lowest BCUT2D eigenvalue weighted by molar-refractivity contribution is 0.0521. The highest BCUT2D eigenvalue weighted by Crippen LogP contribution is 2.20. The van der Waals surface area contributed by atoms with E-state index in [4.69, 9.17) is 4.74 Å². The van der Waals surface area contributed by atoms with Gasteiger partial charge in [-0.1, -0.05) is 28.1 Å². The summed E-state index contributed by atoms with van der Waals surface area (Å²) in [6.45, 7) is 2.05. The fourth-order valence-corrected chi connectivity index (χ4v) is 2.47. The third kappa shape index (κ3) is 3.77. The Morgan fingerprint density at radius 1 is 1.41 bits per heavy atom. The Balaban J connectivity index is 3.17. The van der Waals surface area contributed by atoms with Gasteiger partial charge in [-0.05, 0) is 35.6 Å². The Morgan fingerprint density at radius 2 is 2.12 bits per heavy atom. The maximum atomic E-state index is 11.9. The van der Waals surface area contributed by atoms with Crippen LogP contribution >= 0.6 is 38.5 Å². The monoisotopic (exact) mass is 410 g/mol. The van der Waals surface area contributed by atoms with E-state index in [9.17, 15) is 9.59 Å². The number of esters is 1. The van der Waals surface area contributed by atoms with Crippen molar-refractivity contribution in [2.24, 2.45) is 0 Å². The standard InChI is InChI=1S/C12H12BrIO3/c1-2-17-12(16)11-8(10(15)6-7-13)4-3-5-9(11)14/h3-5H,2,6-7H2,1H3. The highest BCUT2D eigenvalue weighted by molar-refractivity contribution is 14.1. The van der Waals surface area contributed by atoms with E-state index in [0.29, 0.717) is 29.5 Å². The largest absolute Gasteiger partial charge is 0.462 e. The van der Waals surface area contributed by atoms with Crippen molar-refractivity contribution in [2.45, 2.75) is 13.3 Å². The van der Waals surface area contributed by atoms with E-state index in [1.54, 1.807) is 25.1 Å². The van der Waals surface area contributed by atoms with Crippen molar-refractivity contribution < 1.29 is 14.3 Å². The number of hydrogen-bond acceptors (Lipinski definition) is 3. The second-order valence-electron chi connectivity index (χ2n) is 3.25. The topological polar surface area (TPSA) is 43.4 Å². The van der Waals surface area contributed by atoms with Gasteiger partial charge in [-0.3, -0.25) is 4.79 Å². The molecule has 0 atom stereocenters. The average Bonchev–Trinajstić information content (AvgIpc) is 2.29. The Morgan fingerprint density at radius 3 is 2.71 bits per heavy atom. The van der Waals surface area contributed by atoms with Crippen LogP contribution in [0, 0.1) is 3.57 Å². The van der Waals surface area contributed by atoms with Gasteiger partial charge in [0.1, 0.15) is 0 Å². The number of ether oxygens (including phenoxy) is 1. The van der Waals surface area contributed by atoms with Crippen LogP contribution in [0.5, 0.6) is 0 Å².